The molecule has 44 valence electrons. The zero-order chi connectivity index (χ0) is 5.66. The highest BCUT2D eigenvalue weighted by Crippen LogP contribution is 1.78. The quantitative estimate of drug-likeness (QED) is 0.504. The Morgan fingerprint density at radius 2 is 2.50 bits per heavy atom. The van der Waals surface area contributed by atoms with Crippen LogP contribution >= 0.6 is 11.5 Å². The Hall–Kier alpha value is -0.520. The fourth-order valence-electron chi connectivity index (χ4n) is 0.136. The maximum absolute atomic E-state index is 4.25. The Labute approximate surface area is 50.6 Å². The van der Waals surface area contributed by atoms with Crippen molar-refractivity contribution in [3.63, 3.8) is 0 Å². The average Bonchev–Trinajstić information content (AvgIpc) is 2.55. The molecular formula is C3H5N3OS. The van der Waals surface area contributed by atoms with Crippen LogP contribution < -0.4 is 5.48 Å². The molecule has 2 heterocycles. The lowest BCUT2D eigenvalue weighted by Gasteiger charge is -1.40. The first kappa shape index (κ1) is 5.61. The van der Waals surface area contributed by atoms with E-state index in [0.717, 1.165) is 6.73 Å². The molecule has 0 saturated carbocycles. The molecule has 0 atom stereocenters. The van der Waals surface area contributed by atoms with Crippen LogP contribution in [0.3, 0.4) is 0 Å². The predicted octanol–water partition coefficient (Wildman–Crippen LogP) is 0.0168. The summed E-state index contributed by atoms with van der Waals surface area (Å²) < 4.78 is 3.51. The molecule has 8 heavy (non-hydrogen) atoms. The van der Waals surface area contributed by atoms with E-state index in [9.17, 15) is 0 Å². The Kier molecular flexibility index (Phi) is 2.44. The molecule has 1 aromatic rings. The SMILES string of the molecule is C1NO1.c1csnn1. The minimum absolute atomic E-state index is 0.750. The molecule has 4 nitrogen and oxygen atoms in total. The molecule has 0 aromatic carbocycles. The fourth-order valence-corrected chi connectivity index (χ4v) is 0.408. The average molecular weight is 131 g/mol. The molecule has 0 unspecified atom stereocenters. The van der Waals surface area contributed by atoms with Gasteiger partial charge < -0.3 is 0 Å². The van der Waals surface area contributed by atoms with Crippen LogP contribution in [0.25, 0.3) is 0 Å². The van der Waals surface area contributed by atoms with Crippen molar-refractivity contribution in [2.75, 3.05) is 6.73 Å². The van der Waals surface area contributed by atoms with Crippen LogP contribution in [0, 0.1) is 0 Å². The second kappa shape index (κ2) is 3.48. The molecule has 1 aliphatic rings. The van der Waals surface area contributed by atoms with E-state index in [1.54, 1.807) is 6.20 Å². The molecule has 0 radical (unpaired) electrons. The summed E-state index contributed by atoms with van der Waals surface area (Å²) in [6.07, 6.45) is 1.66. The Bertz CT molecular complexity index is 98.1. The van der Waals surface area contributed by atoms with Gasteiger partial charge in [0, 0.05) is 5.38 Å². The summed E-state index contributed by atoms with van der Waals surface area (Å²) in [6.45, 7) is 0.750. The number of aromatic nitrogens is 2. The first-order valence-corrected chi connectivity index (χ1v) is 2.89. The Morgan fingerprint density at radius 1 is 1.75 bits per heavy atom. The Morgan fingerprint density at radius 3 is 2.62 bits per heavy atom. The number of hydrogen-bond acceptors (Lipinski definition) is 5. The van der Waals surface area contributed by atoms with Gasteiger partial charge in [0.15, 0.2) is 0 Å². The fraction of sp³-hybridized carbons (Fsp3) is 0.333. The van der Waals surface area contributed by atoms with E-state index >= 15 is 0 Å². The molecule has 1 fully saturated rings. The number of nitrogens with one attached hydrogen (secondary N) is 1. The smallest absolute Gasteiger partial charge is 0.141 e. The van der Waals surface area contributed by atoms with Crippen LogP contribution in [-0.2, 0) is 4.84 Å². The van der Waals surface area contributed by atoms with Gasteiger partial charge in [-0.25, -0.2) is 0 Å². The number of hydrogen-bond donors (Lipinski definition) is 1. The van der Waals surface area contributed by atoms with Crippen LogP contribution in [0.2, 0.25) is 0 Å². The van der Waals surface area contributed by atoms with Crippen LogP contribution in [0.15, 0.2) is 11.6 Å². The lowest BCUT2D eigenvalue weighted by molar-refractivity contribution is 0.412. The molecule has 0 aliphatic carbocycles. The van der Waals surface area contributed by atoms with Crippen molar-refractivity contribution in [3.05, 3.63) is 11.6 Å². The van der Waals surface area contributed by atoms with E-state index in [1.807, 2.05) is 5.38 Å². The standard InChI is InChI=1S/C2H2N2S.CH3NO/c1-2-5-4-3-1;1-2-3-1/h1-2H;2H,1H2. The first-order valence-electron chi connectivity index (χ1n) is 2.06. The zero-order valence-corrected chi connectivity index (χ0v) is 4.89. The third-order valence-corrected chi connectivity index (χ3v) is 0.859. The minimum Gasteiger partial charge on any atom is -0.282 e. The molecule has 0 bridgehead atoms. The normalized spacial score (nSPS) is 14.0. The van der Waals surface area contributed by atoms with Gasteiger partial charge >= 0.3 is 0 Å². The van der Waals surface area contributed by atoms with E-state index in [0.29, 0.717) is 0 Å². The molecule has 1 aromatic heterocycles. The highest BCUT2D eigenvalue weighted by molar-refractivity contribution is 7.03. The number of hydroxylamine groups is 1. The highest BCUT2D eigenvalue weighted by atomic mass is 32.1. The van der Waals surface area contributed by atoms with Gasteiger partial charge in [0.25, 0.3) is 0 Å². The predicted molar refractivity (Wildman–Crippen MR) is 29.0 cm³/mol. The van der Waals surface area contributed by atoms with E-state index in [4.69, 9.17) is 0 Å². The molecule has 1 N–H and O–H groups in total. The van der Waals surface area contributed by atoms with Crippen molar-refractivity contribution in [1.29, 1.82) is 0 Å². The van der Waals surface area contributed by atoms with Gasteiger partial charge in [0.05, 0.1) is 6.20 Å². The molecule has 5 heteroatoms. The van der Waals surface area contributed by atoms with Crippen LogP contribution in [0.5, 0.6) is 0 Å². The summed E-state index contributed by atoms with van der Waals surface area (Å²) in [5.74, 6) is 0. The minimum atomic E-state index is 0.750. The molecule has 1 aliphatic heterocycles. The van der Waals surface area contributed by atoms with E-state index in [-0.39, 0.29) is 0 Å². The second-order valence-electron chi connectivity index (χ2n) is 1.02. The van der Waals surface area contributed by atoms with Gasteiger partial charge in [-0.2, -0.15) is 5.48 Å². The summed E-state index contributed by atoms with van der Waals surface area (Å²) in [5.41, 5.74) is 2.50. The van der Waals surface area contributed by atoms with Gasteiger partial charge in [-0.1, -0.05) is 4.49 Å². The van der Waals surface area contributed by atoms with Crippen molar-refractivity contribution in [2.24, 2.45) is 0 Å². The lowest BCUT2D eigenvalue weighted by atomic mass is 11.1. The van der Waals surface area contributed by atoms with Crippen molar-refractivity contribution in [3.8, 4) is 0 Å². The second-order valence-corrected chi connectivity index (χ2v) is 1.67. The molecule has 0 amide bonds. The summed E-state index contributed by atoms with van der Waals surface area (Å²) in [7, 11) is 0. The summed E-state index contributed by atoms with van der Waals surface area (Å²) in [5, 5.41) is 5.31. The van der Waals surface area contributed by atoms with Gasteiger partial charge in [-0.05, 0) is 11.5 Å². The lowest BCUT2D eigenvalue weighted by Crippen LogP contribution is -1.54. The summed E-state index contributed by atoms with van der Waals surface area (Å²) >= 11 is 1.35. The van der Waals surface area contributed by atoms with Crippen LogP contribution in [0.4, 0.5) is 0 Å². The monoisotopic (exact) mass is 131 g/mol. The van der Waals surface area contributed by atoms with Gasteiger partial charge in [-0.3, -0.25) is 4.84 Å². The van der Waals surface area contributed by atoms with Gasteiger partial charge in [0.2, 0.25) is 0 Å². The number of rotatable bonds is 0. The van der Waals surface area contributed by atoms with Crippen LogP contribution in [0.1, 0.15) is 0 Å². The summed E-state index contributed by atoms with van der Waals surface area (Å²) in [4.78, 5) is 4.25. The first-order chi connectivity index (χ1) is 4.00. The topological polar surface area (TPSA) is 60.2 Å². The zero-order valence-electron chi connectivity index (χ0n) is 4.07. The van der Waals surface area contributed by atoms with E-state index < -0.39 is 0 Å². The number of nitrogens with zero attached hydrogens (tertiary/aromatic N) is 2. The van der Waals surface area contributed by atoms with Crippen LogP contribution in [-0.4, -0.2) is 16.3 Å². The van der Waals surface area contributed by atoms with Crippen molar-refractivity contribution in [1.82, 2.24) is 15.1 Å². The van der Waals surface area contributed by atoms with Crippen molar-refractivity contribution < 1.29 is 4.84 Å². The van der Waals surface area contributed by atoms with Gasteiger partial charge in [0.1, 0.15) is 6.73 Å². The molecule has 0 spiro atoms. The maximum Gasteiger partial charge on any atom is 0.141 e. The van der Waals surface area contributed by atoms with Crippen molar-refractivity contribution >= 4 is 11.5 Å². The molecular weight excluding hydrogens is 126 g/mol. The third-order valence-electron chi connectivity index (χ3n) is 0.427. The maximum atomic E-state index is 4.25. The molecule has 1 saturated heterocycles. The van der Waals surface area contributed by atoms with Crippen molar-refractivity contribution in [2.45, 2.75) is 0 Å². The summed E-state index contributed by atoms with van der Waals surface area (Å²) in [6, 6.07) is 0. The largest absolute Gasteiger partial charge is 0.282 e. The Balaban J connectivity index is 0.0000000907. The van der Waals surface area contributed by atoms with E-state index in [1.165, 1.54) is 11.5 Å². The van der Waals surface area contributed by atoms with Gasteiger partial charge in [-0.15, -0.1) is 5.10 Å². The van der Waals surface area contributed by atoms with E-state index in [2.05, 4.69) is 19.9 Å². The third kappa shape index (κ3) is 3.66. The highest BCUT2D eigenvalue weighted by Gasteiger charge is 1.91. The molecule has 2 rings (SSSR count).